The van der Waals surface area contributed by atoms with Gasteiger partial charge in [-0.25, -0.2) is 4.98 Å². The molecule has 0 aliphatic heterocycles. The molecule has 0 unspecified atom stereocenters. The number of hydrogen-bond acceptors (Lipinski definition) is 2. The first kappa shape index (κ1) is 15.5. The van der Waals surface area contributed by atoms with Gasteiger partial charge in [-0.2, -0.15) is 0 Å². The highest BCUT2D eigenvalue weighted by Crippen LogP contribution is 2.15. The Morgan fingerprint density at radius 2 is 1.86 bits per heavy atom. The second-order valence-electron chi connectivity index (χ2n) is 5.37. The van der Waals surface area contributed by atoms with Gasteiger partial charge < -0.3 is 4.57 Å². The number of hydrogen-bond donors (Lipinski definition) is 0. The van der Waals surface area contributed by atoms with Crippen molar-refractivity contribution in [3.05, 3.63) is 55.4 Å². The minimum atomic E-state index is 0.929. The van der Waals surface area contributed by atoms with Crippen LogP contribution in [-0.4, -0.2) is 34.1 Å². The van der Waals surface area contributed by atoms with E-state index in [-0.39, 0.29) is 0 Å². The predicted molar refractivity (Wildman–Crippen MR) is 90.5 cm³/mol. The van der Waals surface area contributed by atoms with Gasteiger partial charge in [-0.15, -0.1) is 13.2 Å². The molecule has 0 saturated heterocycles. The van der Waals surface area contributed by atoms with Crippen LogP contribution in [-0.2, 0) is 13.5 Å². The van der Waals surface area contributed by atoms with Crippen LogP contribution < -0.4 is 0 Å². The van der Waals surface area contributed by atoms with Crippen molar-refractivity contribution in [1.29, 1.82) is 0 Å². The summed E-state index contributed by atoms with van der Waals surface area (Å²) >= 11 is 0. The van der Waals surface area contributed by atoms with Gasteiger partial charge in [0.25, 0.3) is 0 Å². The molecule has 0 radical (unpaired) electrons. The lowest BCUT2D eigenvalue weighted by molar-refractivity contribution is 0.326. The fourth-order valence-corrected chi connectivity index (χ4v) is 2.66. The lowest BCUT2D eigenvalue weighted by Crippen LogP contribution is -2.25. The maximum Gasteiger partial charge on any atom is 0.109 e. The van der Waals surface area contributed by atoms with E-state index in [2.05, 4.69) is 47.9 Å². The third-order valence-electron chi connectivity index (χ3n) is 3.78. The summed E-state index contributed by atoms with van der Waals surface area (Å²) in [4.78, 5) is 7.07. The summed E-state index contributed by atoms with van der Waals surface area (Å²) in [5, 5.41) is 0. The third kappa shape index (κ3) is 4.05. The van der Waals surface area contributed by atoms with Crippen LogP contribution in [0.1, 0.15) is 18.7 Å². The van der Waals surface area contributed by atoms with Gasteiger partial charge >= 0.3 is 0 Å². The zero-order valence-corrected chi connectivity index (χ0v) is 13.0. The fraction of sp³-hybridized carbons (Fsp3) is 0.389. The van der Waals surface area contributed by atoms with Crippen molar-refractivity contribution in [2.45, 2.75) is 19.3 Å². The largest absolute Gasteiger partial charge is 0.331 e. The first-order chi connectivity index (χ1) is 10.3. The van der Waals surface area contributed by atoms with E-state index in [1.807, 2.05) is 18.2 Å². The first-order valence-electron chi connectivity index (χ1n) is 7.60. The van der Waals surface area contributed by atoms with Crippen LogP contribution >= 0.6 is 0 Å². The van der Waals surface area contributed by atoms with Crippen molar-refractivity contribution in [1.82, 2.24) is 14.5 Å². The highest BCUT2D eigenvalue weighted by molar-refractivity contribution is 5.75. The number of aryl methyl sites for hydroxylation is 2. The molecule has 3 heteroatoms. The highest BCUT2D eigenvalue weighted by Gasteiger charge is 2.07. The number of rotatable bonds is 9. The molecule has 0 atom stereocenters. The standard InChI is InChI=1S/C18H25N3/c1-4-13-21(14-5-2)15-9-8-12-18-19-16-10-6-7-11-17(16)20(18)3/h4-7,10-11H,1-2,8-9,12-15H2,3H3. The van der Waals surface area contributed by atoms with Crippen LogP contribution in [0.4, 0.5) is 0 Å². The van der Waals surface area contributed by atoms with Gasteiger partial charge in [0.2, 0.25) is 0 Å². The molecule has 0 N–H and O–H groups in total. The summed E-state index contributed by atoms with van der Waals surface area (Å²) < 4.78 is 2.21. The lowest BCUT2D eigenvalue weighted by atomic mass is 10.2. The number of benzene rings is 1. The van der Waals surface area contributed by atoms with Crippen molar-refractivity contribution in [2.24, 2.45) is 7.05 Å². The van der Waals surface area contributed by atoms with E-state index in [0.29, 0.717) is 0 Å². The molecule has 2 aromatic rings. The number of imidazole rings is 1. The highest BCUT2D eigenvalue weighted by atomic mass is 15.1. The lowest BCUT2D eigenvalue weighted by Gasteiger charge is -2.18. The normalized spacial score (nSPS) is 11.1. The van der Waals surface area contributed by atoms with Crippen LogP contribution in [0.3, 0.4) is 0 Å². The molecule has 0 aliphatic carbocycles. The van der Waals surface area contributed by atoms with Gasteiger partial charge in [-0.1, -0.05) is 24.3 Å². The molecule has 1 heterocycles. The summed E-state index contributed by atoms with van der Waals surface area (Å²) in [6.07, 6.45) is 7.26. The molecule has 1 aromatic heterocycles. The summed E-state index contributed by atoms with van der Waals surface area (Å²) in [5.74, 6) is 1.18. The molecule has 0 saturated carbocycles. The second-order valence-corrected chi connectivity index (χ2v) is 5.37. The molecule has 1 aromatic carbocycles. The number of fused-ring (bicyclic) bond motifs is 1. The van der Waals surface area contributed by atoms with E-state index in [0.717, 1.165) is 38.0 Å². The van der Waals surface area contributed by atoms with Crippen LogP contribution in [0.25, 0.3) is 11.0 Å². The molecule has 0 amide bonds. The molecule has 0 bridgehead atoms. The predicted octanol–water partition coefficient (Wildman–Crippen LogP) is 3.57. The van der Waals surface area contributed by atoms with Crippen LogP contribution in [0.5, 0.6) is 0 Å². The number of para-hydroxylation sites is 2. The molecule has 112 valence electrons. The Balaban J connectivity index is 1.86. The number of unbranched alkanes of at least 4 members (excludes halogenated alkanes) is 1. The van der Waals surface area contributed by atoms with E-state index in [1.54, 1.807) is 0 Å². The van der Waals surface area contributed by atoms with Crippen LogP contribution in [0.15, 0.2) is 49.6 Å². The Morgan fingerprint density at radius 3 is 2.52 bits per heavy atom. The van der Waals surface area contributed by atoms with E-state index in [4.69, 9.17) is 4.98 Å². The Bertz CT molecular complexity index is 588. The van der Waals surface area contributed by atoms with Gasteiger partial charge in [0.15, 0.2) is 0 Å². The zero-order valence-electron chi connectivity index (χ0n) is 13.0. The molecule has 0 fully saturated rings. The monoisotopic (exact) mass is 283 g/mol. The third-order valence-corrected chi connectivity index (χ3v) is 3.78. The minimum absolute atomic E-state index is 0.929. The van der Waals surface area contributed by atoms with Crippen LogP contribution in [0.2, 0.25) is 0 Å². The van der Waals surface area contributed by atoms with Crippen molar-refractivity contribution < 1.29 is 0 Å². The van der Waals surface area contributed by atoms with Crippen molar-refractivity contribution >= 4 is 11.0 Å². The van der Waals surface area contributed by atoms with Gasteiger partial charge in [-0.3, -0.25) is 4.90 Å². The van der Waals surface area contributed by atoms with Crippen LogP contribution in [0, 0.1) is 0 Å². The second kappa shape index (κ2) is 7.79. The van der Waals surface area contributed by atoms with Crippen molar-refractivity contribution in [3.63, 3.8) is 0 Å². The van der Waals surface area contributed by atoms with E-state index in [1.165, 1.54) is 17.8 Å². The topological polar surface area (TPSA) is 21.1 Å². The van der Waals surface area contributed by atoms with Gasteiger partial charge in [-0.05, 0) is 31.5 Å². The Hall–Kier alpha value is -1.87. The number of aromatic nitrogens is 2. The Labute approximate surface area is 127 Å². The summed E-state index contributed by atoms with van der Waals surface area (Å²) in [6, 6.07) is 8.31. The minimum Gasteiger partial charge on any atom is -0.331 e. The van der Waals surface area contributed by atoms with Gasteiger partial charge in [0.05, 0.1) is 11.0 Å². The van der Waals surface area contributed by atoms with Crippen molar-refractivity contribution in [2.75, 3.05) is 19.6 Å². The van der Waals surface area contributed by atoms with Crippen molar-refractivity contribution in [3.8, 4) is 0 Å². The molecule has 3 nitrogen and oxygen atoms in total. The fourth-order valence-electron chi connectivity index (χ4n) is 2.66. The Morgan fingerprint density at radius 1 is 1.14 bits per heavy atom. The molecule has 21 heavy (non-hydrogen) atoms. The first-order valence-corrected chi connectivity index (χ1v) is 7.60. The molecule has 0 spiro atoms. The van der Waals surface area contributed by atoms with E-state index >= 15 is 0 Å². The van der Waals surface area contributed by atoms with Gasteiger partial charge in [0, 0.05) is 26.6 Å². The average Bonchev–Trinajstić information content (AvgIpc) is 2.81. The smallest absolute Gasteiger partial charge is 0.109 e. The summed E-state index contributed by atoms with van der Waals surface area (Å²) in [7, 11) is 2.10. The Kier molecular flexibility index (Phi) is 5.76. The average molecular weight is 283 g/mol. The maximum atomic E-state index is 4.72. The summed E-state index contributed by atoms with van der Waals surface area (Å²) in [5.41, 5.74) is 2.31. The number of nitrogens with zero attached hydrogens (tertiary/aromatic N) is 3. The van der Waals surface area contributed by atoms with Gasteiger partial charge in [0.1, 0.15) is 5.82 Å². The summed E-state index contributed by atoms with van der Waals surface area (Å²) in [6.45, 7) is 10.6. The maximum absolute atomic E-state index is 4.72. The molecular formula is C18H25N3. The van der Waals surface area contributed by atoms with E-state index in [9.17, 15) is 0 Å². The van der Waals surface area contributed by atoms with E-state index < -0.39 is 0 Å². The zero-order chi connectivity index (χ0) is 15.1. The molecular weight excluding hydrogens is 258 g/mol. The SMILES string of the molecule is C=CCN(CC=C)CCCCc1nc2ccccc2n1C. The molecule has 0 aliphatic rings. The quantitative estimate of drug-likeness (QED) is 0.518. The molecule has 2 rings (SSSR count).